The van der Waals surface area contributed by atoms with E-state index in [1.165, 1.54) is 6.33 Å². The molecule has 2 aromatic rings. The number of nitrogens with two attached hydrogens (primary N) is 1. The fourth-order valence-electron chi connectivity index (χ4n) is 1.38. The molecule has 0 spiro atoms. The Morgan fingerprint density at radius 3 is 2.94 bits per heavy atom. The van der Waals surface area contributed by atoms with Gasteiger partial charge < -0.3 is 5.73 Å². The first-order chi connectivity index (χ1) is 8.27. The van der Waals surface area contributed by atoms with Crippen LogP contribution in [0.5, 0.6) is 0 Å². The SMILES string of the molecule is Nc1ncnc(Cl)c1CC=Cc1cccnc1. The van der Waals surface area contributed by atoms with Gasteiger partial charge >= 0.3 is 0 Å². The molecule has 2 N–H and O–H groups in total. The molecule has 5 heteroatoms. The Balaban J connectivity index is 2.10. The van der Waals surface area contributed by atoms with E-state index < -0.39 is 0 Å². The zero-order chi connectivity index (χ0) is 12.1. The topological polar surface area (TPSA) is 64.7 Å². The third kappa shape index (κ3) is 3.01. The molecule has 0 bridgehead atoms. The lowest BCUT2D eigenvalue weighted by molar-refractivity contribution is 1.10. The molecule has 0 atom stereocenters. The van der Waals surface area contributed by atoms with Gasteiger partial charge in [0.2, 0.25) is 0 Å². The molecular formula is C12H11ClN4. The lowest BCUT2D eigenvalue weighted by Gasteiger charge is -2.02. The second-order valence-electron chi connectivity index (χ2n) is 3.42. The summed E-state index contributed by atoms with van der Waals surface area (Å²) >= 11 is 5.93. The van der Waals surface area contributed by atoms with Crippen molar-refractivity contribution >= 4 is 23.5 Å². The molecule has 0 saturated carbocycles. The van der Waals surface area contributed by atoms with E-state index in [0.29, 0.717) is 17.4 Å². The van der Waals surface area contributed by atoms with Gasteiger partial charge in [-0.3, -0.25) is 4.98 Å². The van der Waals surface area contributed by atoms with E-state index in [1.54, 1.807) is 12.4 Å². The molecule has 0 radical (unpaired) electrons. The summed E-state index contributed by atoms with van der Waals surface area (Å²) in [5, 5.41) is 0.397. The van der Waals surface area contributed by atoms with Gasteiger partial charge in [0.15, 0.2) is 0 Å². The Labute approximate surface area is 104 Å². The number of aromatic nitrogens is 3. The highest BCUT2D eigenvalue weighted by Gasteiger charge is 2.04. The molecule has 0 saturated heterocycles. The third-order valence-corrected chi connectivity index (χ3v) is 2.57. The van der Waals surface area contributed by atoms with Crippen LogP contribution < -0.4 is 5.73 Å². The van der Waals surface area contributed by atoms with E-state index in [0.717, 1.165) is 11.1 Å². The van der Waals surface area contributed by atoms with Crippen molar-refractivity contribution in [1.29, 1.82) is 0 Å². The second kappa shape index (κ2) is 5.41. The average molecular weight is 247 g/mol. The standard InChI is InChI=1S/C12H11ClN4/c13-11-10(12(14)17-8-16-11)5-1-3-9-4-2-6-15-7-9/h1-4,6-8H,5H2,(H2,14,16,17). The van der Waals surface area contributed by atoms with Crippen molar-refractivity contribution in [3.05, 3.63) is 53.2 Å². The number of anilines is 1. The van der Waals surface area contributed by atoms with Crippen molar-refractivity contribution in [3.63, 3.8) is 0 Å². The average Bonchev–Trinajstić information content (AvgIpc) is 2.34. The van der Waals surface area contributed by atoms with Crippen LogP contribution in [0.1, 0.15) is 11.1 Å². The van der Waals surface area contributed by atoms with Crippen molar-refractivity contribution < 1.29 is 0 Å². The van der Waals surface area contributed by atoms with E-state index in [4.69, 9.17) is 17.3 Å². The highest BCUT2D eigenvalue weighted by atomic mass is 35.5. The Kier molecular flexibility index (Phi) is 3.67. The van der Waals surface area contributed by atoms with Gasteiger partial charge in [-0.15, -0.1) is 0 Å². The molecule has 0 aliphatic rings. The van der Waals surface area contributed by atoms with Crippen LogP contribution in [0.3, 0.4) is 0 Å². The molecule has 0 aromatic carbocycles. The van der Waals surface area contributed by atoms with Crippen molar-refractivity contribution in [2.75, 3.05) is 5.73 Å². The summed E-state index contributed by atoms with van der Waals surface area (Å²) in [4.78, 5) is 11.8. The van der Waals surface area contributed by atoms with E-state index in [1.807, 2.05) is 24.3 Å². The molecule has 2 aromatic heterocycles. The molecule has 0 aliphatic carbocycles. The minimum Gasteiger partial charge on any atom is -0.383 e. The van der Waals surface area contributed by atoms with Crippen LogP contribution in [0.15, 0.2) is 36.9 Å². The first-order valence-corrected chi connectivity index (χ1v) is 5.46. The fraction of sp³-hybridized carbons (Fsp3) is 0.0833. The van der Waals surface area contributed by atoms with Crippen molar-refractivity contribution in [2.45, 2.75) is 6.42 Å². The van der Waals surface area contributed by atoms with Crippen LogP contribution in [0.2, 0.25) is 5.15 Å². The van der Waals surface area contributed by atoms with E-state index >= 15 is 0 Å². The summed E-state index contributed by atoms with van der Waals surface area (Å²) in [7, 11) is 0. The van der Waals surface area contributed by atoms with Crippen molar-refractivity contribution in [2.24, 2.45) is 0 Å². The Morgan fingerprint density at radius 2 is 2.24 bits per heavy atom. The van der Waals surface area contributed by atoms with Gasteiger partial charge in [-0.25, -0.2) is 9.97 Å². The molecule has 0 aliphatic heterocycles. The van der Waals surface area contributed by atoms with Crippen LogP contribution in [-0.2, 0) is 6.42 Å². The first kappa shape index (κ1) is 11.5. The highest BCUT2D eigenvalue weighted by Crippen LogP contribution is 2.18. The van der Waals surface area contributed by atoms with Crippen molar-refractivity contribution in [1.82, 2.24) is 15.0 Å². The summed E-state index contributed by atoms with van der Waals surface area (Å²) in [5.74, 6) is 0.417. The Bertz CT molecular complexity index is 505. The van der Waals surface area contributed by atoms with Crippen LogP contribution in [-0.4, -0.2) is 15.0 Å². The minimum absolute atomic E-state index is 0.397. The van der Waals surface area contributed by atoms with Gasteiger partial charge in [0.25, 0.3) is 0 Å². The smallest absolute Gasteiger partial charge is 0.138 e. The number of nitrogens with zero attached hydrogens (tertiary/aromatic N) is 3. The first-order valence-electron chi connectivity index (χ1n) is 5.09. The zero-order valence-corrected chi connectivity index (χ0v) is 9.80. The van der Waals surface area contributed by atoms with E-state index in [2.05, 4.69) is 15.0 Å². The summed E-state index contributed by atoms with van der Waals surface area (Å²) in [6.45, 7) is 0. The fourth-order valence-corrected chi connectivity index (χ4v) is 1.60. The quantitative estimate of drug-likeness (QED) is 0.845. The summed E-state index contributed by atoms with van der Waals surface area (Å²) in [6, 6.07) is 3.85. The third-order valence-electron chi connectivity index (χ3n) is 2.24. The van der Waals surface area contributed by atoms with Gasteiger partial charge in [0.1, 0.15) is 17.3 Å². The number of hydrogen-bond donors (Lipinski definition) is 1. The highest BCUT2D eigenvalue weighted by molar-refractivity contribution is 6.30. The Morgan fingerprint density at radius 1 is 1.35 bits per heavy atom. The maximum absolute atomic E-state index is 5.93. The van der Waals surface area contributed by atoms with E-state index in [9.17, 15) is 0 Å². The molecule has 0 amide bonds. The monoisotopic (exact) mass is 246 g/mol. The maximum Gasteiger partial charge on any atom is 0.138 e. The predicted molar refractivity (Wildman–Crippen MR) is 68.4 cm³/mol. The number of halogens is 1. The van der Waals surface area contributed by atoms with Crippen molar-refractivity contribution in [3.8, 4) is 0 Å². The molecule has 2 rings (SSSR count). The zero-order valence-electron chi connectivity index (χ0n) is 9.05. The molecule has 86 valence electrons. The molecule has 0 unspecified atom stereocenters. The number of hydrogen-bond acceptors (Lipinski definition) is 4. The van der Waals surface area contributed by atoms with Gasteiger partial charge in [-0.2, -0.15) is 0 Å². The molecule has 2 heterocycles. The lowest BCUT2D eigenvalue weighted by atomic mass is 10.2. The van der Waals surface area contributed by atoms with Crippen LogP contribution in [0.4, 0.5) is 5.82 Å². The molecular weight excluding hydrogens is 236 g/mol. The maximum atomic E-state index is 5.93. The summed E-state index contributed by atoms with van der Waals surface area (Å²) in [5.41, 5.74) is 7.49. The second-order valence-corrected chi connectivity index (χ2v) is 3.78. The number of pyridine rings is 1. The minimum atomic E-state index is 0.397. The van der Waals surface area contributed by atoms with Gasteiger partial charge in [0, 0.05) is 18.0 Å². The summed E-state index contributed by atoms with van der Waals surface area (Å²) in [6.07, 6.45) is 9.38. The number of allylic oxidation sites excluding steroid dienone is 1. The Hall–Kier alpha value is -1.94. The van der Waals surface area contributed by atoms with Crippen LogP contribution in [0.25, 0.3) is 6.08 Å². The lowest BCUT2D eigenvalue weighted by Crippen LogP contribution is -1.99. The van der Waals surface area contributed by atoms with Gasteiger partial charge in [0.05, 0.1) is 0 Å². The number of rotatable bonds is 3. The predicted octanol–water partition coefficient (Wildman–Crippen LogP) is 2.36. The summed E-state index contributed by atoms with van der Waals surface area (Å²) < 4.78 is 0. The van der Waals surface area contributed by atoms with Gasteiger partial charge in [-0.05, 0) is 18.1 Å². The normalized spacial score (nSPS) is 10.9. The van der Waals surface area contributed by atoms with Crippen LogP contribution in [0, 0.1) is 0 Å². The largest absolute Gasteiger partial charge is 0.383 e. The molecule has 4 nitrogen and oxygen atoms in total. The number of nitrogen functional groups attached to an aromatic ring is 1. The van der Waals surface area contributed by atoms with Crippen LogP contribution >= 0.6 is 11.6 Å². The molecule has 17 heavy (non-hydrogen) atoms. The van der Waals surface area contributed by atoms with E-state index in [-0.39, 0.29) is 0 Å². The molecule has 0 fully saturated rings. The van der Waals surface area contributed by atoms with Gasteiger partial charge in [-0.1, -0.05) is 29.8 Å².